The average molecular weight is 635 g/mol. The number of hydrogen-bond donors (Lipinski definition) is 4. The van der Waals surface area contributed by atoms with Crippen LogP contribution in [0.2, 0.25) is 0 Å². The van der Waals surface area contributed by atoms with Gasteiger partial charge >= 0.3 is 6.03 Å². The van der Waals surface area contributed by atoms with Crippen molar-refractivity contribution in [3.8, 4) is 17.2 Å². The number of benzene rings is 1. The Bertz CT molecular complexity index is 1670. The van der Waals surface area contributed by atoms with Gasteiger partial charge in [-0.3, -0.25) is 9.58 Å². The summed E-state index contributed by atoms with van der Waals surface area (Å²) in [5, 5.41) is 34.6. The lowest BCUT2D eigenvalue weighted by atomic mass is 9.85. The van der Waals surface area contributed by atoms with Crippen LogP contribution in [0.15, 0.2) is 67.3 Å². The van der Waals surface area contributed by atoms with Crippen molar-refractivity contribution in [3.63, 3.8) is 0 Å². The number of aryl methyl sites for hydroxylation is 1. The lowest BCUT2D eigenvalue weighted by Gasteiger charge is -2.36. The van der Waals surface area contributed by atoms with E-state index in [4.69, 9.17) is 4.98 Å². The normalized spacial score (nSPS) is 18.9. The third kappa shape index (κ3) is 8.04. The van der Waals surface area contributed by atoms with E-state index < -0.39 is 5.60 Å². The molecular weight excluding hydrogens is 592 g/mol. The van der Waals surface area contributed by atoms with Crippen LogP contribution in [-0.4, -0.2) is 60.1 Å². The number of amides is 2. The molecule has 6 rings (SSSR count). The molecule has 2 aliphatic rings. The second kappa shape index (κ2) is 14.6. The highest BCUT2D eigenvalue weighted by Crippen LogP contribution is 2.31. The molecule has 12 nitrogen and oxygen atoms in total. The molecule has 2 aliphatic carbocycles. The van der Waals surface area contributed by atoms with Gasteiger partial charge in [-0.05, 0) is 56.2 Å². The smallest absolute Gasteiger partial charge is 0.323 e. The van der Waals surface area contributed by atoms with Crippen molar-refractivity contribution < 1.29 is 9.90 Å². The molecule has 12 heteroatoms. The summed E-state index contributed by atoms with van der Waals surface area (Å²) in [7, 11) is 1.88. The number of carbonyl (C=O) groups is 1. The summed E-state index contributed by atoms with van der Waals surface area (Å²) in [6.45, 7) is 0.771. The van der Waals surface area contributed by atoms with Crippen molar-refractivity contribution in [1.82, 2.24) is 30.0 Å². The standard InChI is InChI=1S/C35H42N10O2/c1-44-23-28(22-41-44)26-10-15-31(37-20-26)45(34(46)39-19-25-8-4-2-5-9-25)30-13-11-29(12-14-30)42-33-38-21-27(18-36)32(43-33)40-24-35(47)16-6-3-7-17-35/h2,4-5,8-10,15,20-23,29-30,47H,3,6-7,11-14,16-17,19,24H2,1H3,(H,39,46)(H2,38,40,42,43)/t29-,30-. The highest BCUT2D eigenvalue weighted by Gasteiger charge is 2.32. The van der Waals surface area contributed by atoms with Crippen molar-refractivity contribution in [3.05, 3.63) is 78.4 Å². The first-order valence-electron chi connectivity index (χ1n) is 16.5. The van der Waals surface area contributed by atoms with E-state index in [-0.39, 0.29) is 18.1 Å². The first-order valence-corrected chi connectivity index (χ1v) is 16.5. The zero-order valence-electron chi connectivity index (χ0n) is 26.8. The molecule has 2 amide bonds. The van der Waals surface area contributed by atoms with Crippen LogP contribution >= 0.6 is 0 Å². The number of aliphatic hydroxyl groups is 1. The molecule has 1 aromatic carbocycles. The minimum Gasteiger partial charge on any atom is -0.388 e. The number of pyridine rings is 1. The molecule has 0 radical (unpaired) electrons. The van der Waals surface area contributed by atoms with E-state index in [1.54, 1.807) is 22.0 Å². The molecule has 244 valence electrons. The Morgan fingerprint density at radius 1 is 1.02 bits per heavy atom. The molecule has 3 heterocycles. The van der Waals surface area contributed by atoms with E-state index >= 15 is 0 Å². The van der Waals surface area contributed by atoms with Gasteiger partial charge < -0.3 is 21.1 Å². The van der Waals surface area contributed by atoms with Gasteiger partial charge in [-0.25, -0.2) is 14.8 Å². The van der Waals surface area contributed by atoms with E-state index in [1.165, 1.54) is 6.20 Å². The van der Waals surface area contributed by atoms with Gasteiger partial charge in [0.25, 0.3) is 0 Å². The fourth-order valence-electron chi connectivity index (χ4n) is 6.55. The molecule has 4 N–H and O–H groups in total. The van der Waals surface area contributed by atoms with E-state index in [9.17, 15) is 15.2 Å². The predicted octanol–water partition coefficient (Wildman–Crippen LogP) is 5.39. The predicted molar refractivity (Wildman–Crippen MR) is 181 cm³/mol. The molecule has 47 heavy (non-hydrogen) atoms. The number of nitriles is 1. The summed E-state index contributed by atoms with van der Waals surface area (Å²) in [6, 6.07) is 15.8. The molecule has 4 aromatic rings. The fourth-order valence-corrected chi connectivity index (χ4v) is 6.55. The zero-order chi connectivity index (χ0) is 32.6. The minimum atomic E-state index is -0.783. The molecule has 2 saturated carbocycles. The van der Waals surface area contributed by atoms with Crippen LogP contribution in [0.5, 0.6) is 0 Å². The Labute approximate surface area is 275 Å². The Kier molecular flexibility index (Phi) is 9.92. The van der Waals surface area contributed by atoms with Crippen LogP contribution in [0, 0.1) is 11.3 Å². The summed E-state index contributed by atoms with van der Waals surface area (Å²) in [5.41, 5.74) is 2.49. The molecule has 0 saturated heterocycles. The lowest BCUT2D eigenvalue weighted by molar-refractivity contribution is 0.0166. The molecular formula is C35H42N10O2. The third-order valence-corrected chi connectivity index (χ3v) is 9.21. The summed E-state index contributed by atoms with van der Waals surface area (Å²) >= 11 is 0. The van der Waals surface area contributed by atoms with Crippen LogP contribution in [0.3, 0.4) is 0 Å². The zero-order valence-corrected chi connectivity index (χ0v) is 26.8. The second-order valence-electron chi connectivity index (χ2n) is 12.7. The number of anilines is 3. The van der Waals surface area contributed by atoms with Crippen molar-refractivity contribution in [2.45, 2.75) is 82.0 Å². The van der Waals surface area contributed by atoms with Crippen molar-refractivity contribution >= 4 is 23.6 Å². The van der Waals surface area contributed by atoms with Crippen LogP contribution in [0.25, 0.3) is 11.1 Å². The summed E-state index contributed by atoms with van der Waals surface area (Å²) in [6.07, 6.45) is 14.8. The summed E-state index contributed by atoms with van der Waals surface area (Å²) < 4.78 is 1.75. The highest BCUT2D eigenvalue weighted by molar-refractivity contribution is 5.91. The van der Waals surface area contributed by atoms with Gasteiger partial charge in [0.15, 0.2) is 0 Å². The Balaban J connectivity index is 1.12. The molecule has 2 fully saturated rings. The van der Waals surface area contributed by atoms with Gasteiger partial charge in [-0.1, -0.05) is 49.6 Å². The quantitative estimate of drug-likeness (QED) is 0.180. The minimum absolute atomic E-state index is 0.0455. The number of hydrogen-bond acceptors (Lipinski definition) is 9. The van der Waals surface area contributed by atoms with E-state index in [0.717, 1.165) is 74.5 Å². The van der Waals surface area contributed by atoms with Crippen LogP contribution in [-0.2, 0) is 13.6 Å². The average Bonchev–Trinajstić information content (AvgIpc) is 3.54. The van der Waals surface area contributed by atoms with Crippen molar-refractivity contribution in [1.29, 1.82) is 5.26 Å². The number of aromatic nitrogens is 5. The summed E-state index contributed by atoms with van der Waals surface area (Å²) in [5.74, 6) is 1.47. The van der Waals surface area contributed by atoms with Gasteiger partial charge in [0.2, 0.25) is 5.95 Å². The number of urea groups is 1. The van der Waals surface area contributed by atoms with Gasteiger partial charge in [-0.2, -0.15) is 15.3 Å². The molecule has 0 atom stereocenters. The number of nitrogens with one attached hydrogen (secondary N) is 3. The first kappa shape index (κ1) is 31.9. The maximum atomic E-state index is 13.7. The molecule has 3 aromatic heterocycles. The first-order chi connectivity index (χ1) is 22.9. The number of carbonyl (C=O) groups excluding carboxylic acids is 1. The van der Waals surface area contributed by atoms with Gasteiger partial charge in [0.1, 0.15) is 23.3 Å². The Morgan fingerprint density at radius 2 is 1.81 bits per heavy atom. The fraction of sp³-hybridized carbons (Fsp3) is 0.429. The number of nitrogens with zero attached hydrogens (tertiary/aromatic N) is 7. The van der Waals surface area contributed by atoms with Crippen molar-refractivity contribution in [2.75, 3.05) is 22.1 Å². The van der Waals surface area contributed by atoms with Crippen LogP contribution in [0.1, 0.15) is 68.9 Å². The summed E-state index contributed by atoms with van der Waals surface area (Å²) in [4.78, 5) is 29.2. The molecule has 0 spiro atoms. The monoisotopic (exact) mass is 634 g/mol. The number of rotatable bonds is 10. The van der Waals surface area contributed by atoms with Crippen LogP contribution in [0.4, 0.5) is 22.4 Å². The van der Waals surface area contributed by atoms with E-state index in [1.807, 2.05) is 55.7 Å². The van der Waals surface area contributed by atoms with Crippen LogP contribution < -0.4 is 20.9 Å². The van der Waals surface area contributed by atoms with Crippen molar-refractivity contribution in [2.24, 2.45) is 7.05 Å². The largest absolute Gasteiger partial charge is 0.388 e. The molecule has 0 bridgehead atoms. The lowest BCUT2D eigenvalue weighted by Crippen LogP contribution is -2.49. The maximum Gasteiger partial charge on any atom is 0.323 e. The van der Waals surface area contributed by atoms with Gasteiger partial charge in [-0.15, -0.1) is 0 Å². The van der Waals surface area contributed by atoms with E-state index in [2.05, 4.69) is 37.1 Å². The molecule has 0 unspecified atom stereocenters. The molecule has 0 aliphatic heterocycles. The van der Waals surface area contributed by atoms with Gasteiger partial charge in [0, 0.05) is 55.7 Å². The SMILES string of the molecule is Cn1cc(-c2ccc(N(C(=O)NCc3ccccc3)[C@H]3CC[C@H](Nc4ncc(C#N)c(NCC5(O)CCCCC5)n4)CC3)nc2)cn1. The maximum absolute atomic E-state index is 13.7. The van der Waals surface area contributed by atoms with Gasteiger partial charge in [0.05, 0.1) is 18.0 Å². The highest BCUT2D eigenvalue weighted by atomic mass is 16.3. The Hall–Kier alpha value is -5.02. The topological polar surface area (TPSA) is 157 Å². The Morgan fingerprint density at radius 3 is 2.49 bits per heavy atom. The van der Waals surface area contributed by atoms with E-state index in [0.29, 0.717) is 36.2 Å². The third-order valence-electron chi connectivity index (χ3n) is 9.21. The second-order valence-corrected chi connectivity index (χ2v) is 12.7.